The summed E-state index contributed by atoms with van der Waals surface area (Å²) >= 11 is 0. The van der Waals surface area contributed by atoms with Gasteiger partial charge in [-0.2, -0.15) is 13.2 Å². The van der Waals surface area contributed by atoms with Gasteiger partial charge in [0, 0.05) is 5.56 Å². The molecule has 0 aliphatic carbocycles. The topological polar surface area (TPSA) is 26.3 Å². The second-order valence-electron chi connectivity index (χ2n) is 3.62. The maximum absolute atomic E-state index is 13.6. The summed E-state index contributed by atoms with van der Waals surface area (Å²) in [5.74, 6) is -1.87. The van der Waals surface area contributed by atoms with Gasteiger partial charge in [0.15, 0.2) is 0 Å². The maximum Gasteiger partial charge on any atom is 0.419 e. The molecule has 0 amide bonds. The van der Waals surface area contributed by atoms with Crippen LogP contribution in [0.3, 0.4) is 0 Å². The first-order valence-corrected chi connectivity index (χ1v) is 5.54. The SMILES string of the molecule is CCOC(=O)CC=Cc1cccc(C(F)(F)F)c1F. The lowest BCUT2D eigenvalue weighted by Crippen LogP contribution is -2.08. The Bertz CT molecular complexity index is 478. The summed E-state index contributed by atoms with van der Waals surface area (Å²) in [6, 6.07) is 2.97. The second kappa shape index (κ2) is 6.36. The minimum Gasteiger partial charge on any atom is -0.466 e. The first-order valence-electron chi connectivity index (χ1n) is 5.54. The van der Waals surface area contributed by atoms with E-state index in [4.69, 9.17) is 0 Å². The summed E-state index contributed by atoms with van der Waals surface area (Å²) < 4.78 is 55.5. The molecule has 0 radical (unpaired) electrons. The molecule has 0 heterocycles. The summed E-state index contributed by atoms with van der Waals surface area (Å²) in [5, 5.41) is 0. The van der Waals surface area contributed by atoms with Crippen LogP contribution in [0, 0.1) is 5.82 Å². The number of esters is 1. The molecule has 104 valence electrons. The quantitative estimate of drug-likeness (QED) is 0.617. The van der Waals surface area contributed by atoms with E-state index < -0.39 is 23.5 Å². The summed E-state index contributed by atoms with van der Waals surface area (Å²) in [6.45, 7) is 1.85. The van der Waals surface area contributed by atoms with Crippen LogP contribution in [0.25, 0.3) is 6.08 Å². The third-order valence-corrected chi connectivity index (χ3v) is 2.22. The third kappa shape index (κ3) is 4.39. The van der Waals surface area contributed by atoms with E-state index >= 15 is 0 Å². The first kappa shape index (κ1) is 15.2. The predicted octanol–water partition coefficient (Wildman–Crippen LogP) is 3.81. The highest BCUT2D eigenvalue weighted by Crippen LogP contribution is 2.32. The molecule has 0 saturated carbocycles. The number of alkyl halides is 3. The molecule has 1 aromatic rings. The standard InChI is InChI=1S/C13H12F4O2/c1-2-19-11(18)8-4-6-9-5-3-7-10(12(9)14)13(15,16)17/h3-7H,2,8H2,1H3. The Morgan fingerprint density at radius 3 is 2.63 bits per heavy atom. The van der Waals surface area contributed by atoms with Crippen LogP contribution in [0.4, 0.5) is 17.6 Å². The third-order valence-electron chi connectivity index (χ3n) is 2.22. The van der Waals surface area contributed by atoms with Gasteiger partial charge in [-0.05, 0) is 13.0 Å². The number of benzene rings is 1. The van der Waals surface area contributed by atoms with E-state index in [9.17, 15) is 22.4 Å². The number of halogens is 4. The molecule has 0 saturated heterocycles. The molecule has 0 bridgehead atoms. The Balaban J connectivity index is 2.85. The van der Waals surface area contributed by atoms with E-state index in [0.29, 0.717) is 6.07 Å². The highest BCUT2D eigenvalue weighted by atomic mass is 19.4. The molecule has 0 atom stereocenters. The van der Waals surface area contributed by atoms with Crippen LogP contribution in [-0.2, 0) is 15.7 Å². The van der Waals surface area contributed by atoms with Crippen LogP contribution < -0.4 is 0 Å². The van der Waals surface area contributed by atoms with E-state index in [1.807, 2.05) is 0 Å². The maximum atomic E-state index is 13.6. The van der Waals surface area contributed by atoms with E-state index in [1.54, 1.807) is 6.92 Å². The molecular weight excluding hydrogens is 264 g/mol. The molecule has 0 unspecified atom stereocenters. The Labute approximate surface area is 107 Å². The number of rotatable bonds is 4. The van der Waals surface area contributed by atoms with Crippen molar-refractivity contribution in [1.29, 1.82) is 0 Å². The zero-order valence-electron chi connectivity index (χ0n) is 10.1. The molecule has 0 aliphatic rings. The van der Waals surface area contributed by atoms with Gasteiger partial charge in [-0.3, -0.25) is 4.79 Å². The van der Waals surface area contributed by atoms with E-state index in [0.717, 1.165) is 12.1 Å². The average Bonchev–Trinajstić information content (AvgIpc) is 2.30. The molecule has 0 aromatic heterocycles. The molecule has 19 heavy (non-hydrogen) atoms. The van der Waals surface area contributed by atoms with Crippen molar-refractivity contribution in [2.45, 2.75) is 19.5 Å². The molecule has 1 aromatic carbocycles. The Hall–Kier alpha value is -1.85. The van der Waals surface area contributed by atoms with E-state index in [-0.39, 0.29) is 18.6 Å². The zero-order chi connectivity index (χ0) is 14.5. The highest BCUT2D eigenvalue weighted by molar-refractivity contribution is 5.72. The molecule has 0 N–H and O–H groups in total. The molecular formula is C13H12F4O2. The number of hydrogen-bond donors (Lipinski definition) is 0. The van der Waals surface area contributed by atoms with Crippen LogP contribution in [0.2, 0.25) is 0 Å². The van der Waals surface area contributed by atoms with Gasteiger partial charge in [-0.1, -0.05) is 24.3 Å². The Morgan fingerprint density at radius 1 is 1.37 bits per heavy atom. The fourth-order valence-corrected chi connectivity index (χ4v) is 1.40. The largest absolute Gasteiger partial charge is 0.466 e. The predicted molar refractivity (Wildman–Crippen MR) is 61.7 cm³/mol. The van der Waals surface area contributed by atoms with Crippen LogP contribution in [0.1, 0.15) is 24.5 Å². The molecule has 0 fully saturated rings. The van der Waals surface area contributed by atoms with Crippen LogP contribution in [0.5, 0.6) is 0 Å². The lowest BCUT2D eigenvalue weighted by molar-refractivity contribution is -0.142. The van der Waals surface area contributed by atoms with Crippen molar-refractivity contribution < 1.29 is 27.1 Å². The van der Waals surface area contributed by atoms with Gasteiger partial charge in [-0.15, -0.1) is 0 Å². The number of carbonyl (C=O) groups is 1. The van der Waals surface area contributed by atoms with E-state index in [1.165, 1.54) is 12.1 Å². The Kier molecular flexibility index (Phi) is 5.09. The summed E-state index contributed by atoms with van der Waals surface area (Å²) in [5.41, 5.74) is -1.55. The van der Waals surface area contributed by atoms with Gasteiger partial charge in [0.25, 0.3) is 0 Å². The zero-order valence-corrected chi connectivity index (χ0v) is 10.1. The van der Waals surface area contributed by atoms with Crippen molar-refractivity contribution in [2.75, 3.05) is 6.61 Å². The molecule has 0 spiro atoms. The Morgan fingerprint density at radius 2 is 2.05 bits per heavy atom. The van der Waals surface area contributed by atoms with E-state index in [2.05, 4.69) is 4.74 Å². The molecule has 0 aliphatic heterocycles. The summed E-state index contributed by atoms with van der Waals surface area (Å²) in [7, 11) is 0. The number of ether oxygens (including phenoxy) is 1. The smallest absolute Gasteiger partial charge is 0.419 e. The van der Waals surface area contributed by atoms with Gasteiger partial charge in [0.2, 0.25) is 0 Å². The minimum absolute atomic E-state index is 0.122. The van der Waals surface area contributed by atoms with Gasteiger partial charge in [0.1, 0.15) is 5.82 Å². The number of hydrogen-bond acceptors (Lipinski definition) is 2. The monoisotopic (exact) mass is 276 g/mol. The van der Waals surface area contributed by atoms with Crippen molar-refractivity contribution in [3.8, 4) is 0 Å². The normalized spacial score (nSPS) is 11.8. The molecule has 6 heteroatoms. The van der Waals surface area contributed by atoms with Gasteiger partial charge >= 0.3 is 12.1 Å². The fraction of sp³-hybridized carbons (Fsp3) is 0.308. The van der Waals surface area contributed by atoms with Crippen molar-refractivity contribution in [2.24, 2.45) is 0 Å². The molecule has 2 nitrogen and oxygen atoms in total. The van der Waals surface area contributed by atoms with Gasteiger partial charge in [0.05, 0.1) is 18.6 Å². The highest BCUT2D eigenvalue weighted by Gasteiger charge is 2.34. The van der Waals surface area contributed by atoms with Crippen molar-refractivity contribution in [3.05, 3.63) is 41.2 Å². The van der Waals surface area contributed by atoms with Crippen molar-refractivity contribution >= 4 is 12.0 Å². The second-order valence-corrected chi connectivity index (χ2v) is 3.62. The first-order chi connectivity index (χ1) is 8.86. The lowest BCUT2D eigenvalue weighted by Gasteiger charge is -2.09. The molecule has 1 rings (SSSR count). The summed E-state index contributed by atoms with van der Waals surface area (Å²) in [4.78, 5) is 11.0. The summed E-state index contributed by atoms with van der Waals surface area (Å²) in [6.07, 6.45) is -2.48. The van der Waals surface area contributed by atoms with Crippen molar-refractivity contribution in [3.63, 3.8) is 0 Å². The lowest BCUT2D eigenvalue weighted by atomic mass is 10.1. The number of carbonyl (C=O) groups excluding carboxylic acids is 1. The van der Waals surface area contributed by atoms with Crippen LogP contribution >= 0.6 is 0 Å². The average molecular weight is 276 g/mol. The van der Waals surface area contributed by atoms with Gasteiger partial charge < -0.3 is 4.74 Å². The minimum atomic E-state index is -4.74. The van der Waals surface area contributed by atoms with Crippen molar-refractivity contribution in [1.82, 2.24) is 0 Å². The fourth-order valence-electron chi connectivity index (χ4n) is 1.40. The van der Waals surface area contributed by atoms with Crippen LogP contribution in [0.15, 0.2) is 24.3 Å². The van der Waals surface area contributed by atoms with Gasteiger partial charge in [-0.25, -0.2) is 4.39 Å². The van der Waals surface area contributed by atoms with Crippen LogP contribution in [-0.4, -0.2) is 12.6 Å².